The summed E-state index contributed by atoms with van der Waals surface area (Å²) in [6.07, 6.45) is 2.38. The molecule has 0 saturated heterocycles. The van der Waals surface area contributed by atoms with Crippen LogP contribution < -0.4 is 5.32 Å². The topological polar surface area (TPSA) is 60.2 Å². The summed E-state index contributed by atoms with van der Waals surface area (Å²) in [5.41, 5.74) is -0.290. The van der Waals surface area contributed by atoms with E-state index in [4.69, 9.17) is 9.26 Å². The molecule has 0 radical (unpaired) electrons. The van der Waals surface area contributed by atoms with Crippen molar-refractivity contribution < 1.29 is 9.26 Å². The van der Waals surface area contributed by atoms with E-state index in [0.29, 0.717) is 17.6 Å². The summed E-state index contributed by atoms with van der Waals surface area (Å²) in [4.78, 5) is 4.47. The lowest BCUT2D eigenvalue weighted by Crippen LogP contribution is -2.36. The Morgan fingerprint density at radius 1 is 1.53 bits per heavy atom. The lowest BCUT2D eigenvalue weighted by Gasteiger charge is -2.20. The number of aromatic nitrogens is 2. The van der Waals surface area contributed by atoms with Crippen LogP contribution in [-0.2, 0) is 10.3 Å². The fourth-order valence-corrected chi connectivity index (χ4v) is 2.03. The molecule has 5 nitrogen and oxygen atoms in total. The van der Waals surface area contributed by atoms with Crippen LogP contribution in [0.15, 0.2) is 4.52 Å². The molecular weight excluding hydrogens is 218 g/mol. The average molecular weight is 239 g/mol. The monoisotopic (exact) mass is 239 g/mol. The lowest BCUT2D eigenvalue weighted by molar-refractivity contribution is 0.0751. The average Bonchev–Trinajstić information content (AvgIpc) is 2.96. The molecule has 1 aromatic rings. The molecule has 1 fully saturated rings. The molecule has 5 heteroatoms. The Bertz CT molecular complexity index is 372. The number of rotatable bonds is 6. The molecular formula is C12H21N3O2. The molecule has 1 heterocycles. The highest BCUT2D eigenvalue weighted by Gasteiger charge is 2.37. The second-order valence-corrected chi connectivity index (χ2v) is 5.11. The van der Waals surface area contributed by atoms with Crippen LogP contribution in [0.25, 0.3) is 0 Å². The van der Waals surface area contributed by atoms with E-state index in [1.807, 2.05) is 13.8 Å². The molecule has 1 atom stereocenters. The van der Waals surface area contributed by atoms with Crippen molar-refractivity contribution in [2.75, 3.05) is 13.7 Å². The summed E-state index contributed by atoms with van der Waals surface area (Å²) in [5.74, 6) is 1.86. The van der Waals surface area contributed by atoms with Crippen molar-refractivity contribution in [3.8, 4) is 0 Å². The van der Waals surface area contributed by atoms with Crippen molar-refractivity contribution in [2.45, 2.75) is 45.3 Å². The highest BCUT2D eigenvalue weighted by atomic mass is 16.5. The smallest absolute Gasteiger partial charge is 0.246 e. The SMILES string of the molecule is CCNC(C)(C)c1nc(C(OC)C2CC2)no1. The van der Waals surface area contributed by atoms with Crippen LogP contribution in [0.4, 0.5) is 0 Å². The van der Waals surface area contributed by atoms with E-state index in [9.17, 15) is 0 Å². The van der Waals surface area contributed by atoms with Crippen LogP contribution in [0, 0.1) is 5.92 Å². The minimum Gasteiger partial charge on any atom is -0.373 e. The minimum atomic E-state index is -0.290. The number of methoxy groups -OCH3 is 1. The third-order valence-corrected chi connectivity index (χ3v) is 3.15. The van der Waals surface area contributed by atoms with Crippen molar-refractivity contribution >= 4 is 0 Å². The Morgan fingerprint density at radius 2 is 2.24 bits per heavy atom. The molecule has 1 aliphatic rings. The molecule has 1 N–H and O–H groups in total. The zero-order valence-corrected chi connectivity index (χ0v) is 11.0. The first-order valence-corrected chi connectivity index (χ1v) is 6.20. The molecule has 96 valence electrons. The number of hydrogen-bond donors (Lipinski definition) is 1. The molecule has 1 unspecified atom stereocenters. The fraction of sp³-hybridized carbons (Fsp3) is 0.833. The highest BCUT2D eigenvalue weighted by molar-refractivity contribution is 5.03. The summed E-state index contributed by atoms with van der Waals surface area (Å²) < 4.78 is 10.8. The minimum absolute atomic E-state index is 0.00933. The second-order valence-electron chi connectivity index (χ2n) is 5.11. The van der Waals surface area contributed by atoms with Gasteiger partial charge in [0, 0.05) is 7.11 Å². The summed E-state index contributed by atoms with van der Waals surface area (Å²) in [6.45, 7) is 6.99. The van der Waals surface area contributed by atoms with Gasteiger partial charge >= 0.3 is 0 Å². The van der Waals surface area contributed by atoms with Crippen LogP contribution >= 0.6 is 0 Å². The van der Waals surface area contributed by atoms with Gasteiger partial charge in [-0.1, -0.05) is 12.1 Å². The van der Waals surface area contributed by atoms with Gasteiger partial charge in [-0.2, -0.15) is 4.98 Å². The molecule has 0 spiro atoms. The maximum Gasteiger partial charge on any atom is 0.246 e. The predicted molar refractivity (Wildman–Crippen MR) is 63.5 cm³/mol. The van der Waals surface area contributed by atoms with Crippen LogP contribution in [0.1, 0.15) is 51.4 Å². The molecule has 17 heavy (non-hydrogen) atoms. The number of nitrogens with one attached hydrogen (secondary N) is 1. The largest absolute Gasteiger partial charge is 0.373 e. The molecule has 1 aromatic heterocycles. The van der Waals surface area contributed by atoms with E-state index in [1.54, 1.807) is 7.11 Å². The predicted octanol–water partition coefficient (Wildman–Crippen LogP) is 2.01. The normalized spacial score (nSPS) is 18.4. The van der Waals surface area contributed by atoms with Crippen LogP contribution in [-0.4, -0.2) is 23.8 Å². The van der Waals surface area contributed by atoms with Crippen LogP contribution in [0.5, 0.6) is 0 Å². The second kappa shape index (κ2) is 4.74. The van der Waals surface area contributed by atoms with Crippen molar-refractivity contribution in [3.05, 3.63) is 11.7 Å². The number of hydrogen-bond acceptors (Lipinski definition) is 5. The molecule has 2 rings (SSSR count). The summed E-state index contributed by atoms with van der Waals surface area (Å²) >= 11 is 0. The first kappa shape index (κ1) is 12.5. The maximum absolute atomic E-state index is 5.44. The van der Waals surface area contributed by atoms with Gasteiger partial charge in [-0.3, -0.25) is 0 Å². The first-order valence-electron chi connectivity index (χ1n) is 6.20. The molecule has 1 saturated carbocycles. The standard InChI is InChI=1S/C12H21N3O2/c1-5-13-12(2,3)11-14-10(15-17-11)9(16-4)8-6-7-8/h8-9,13H,5-7H2,1-4H3. The zero-order chi connectivity index (χ0) is 12.5. The van der Waals surface area contributed by atoms with Gasteiger partial charge in [0.15, 0.2) is 0 Å². The van der Waals surface area contributed by atoms with Crippen LogP contribution in [0.2, 0.25) is 0 Å². The lowest BCUT2D eigenvalue weighted by atomic mass is 10.1. The van der Waals surface area contributed by atoms with Crippen molar-refractivity contribution in [1.82, 2.24) is 15.5 Å². The number of nitrogens with zero attached hydrogens (tertiary/aromatic N) is 2. The Labute approximate surface area is 102 Å². The van der Waals surface area contributed by atoms with Gasteiger partial charge in [-0.25, -0.2) is 0 Å². The van der Waals surface area contributed by atoms with Gasteiger partial charge in [0.25, 0.3) is 0 Å². The Morgan fingerprint density at radius 3 is 2.76 bits per heavy atom. The maximum atomic E-state index is 5.44. The van der Waals surface area contributed by atoms with E-state index >= 15 is 0 Å². The summed E-state index contributed by atoms with van der Waals surface area (Å²) in [5, 5.41) is 7.36. The molecule has 0 amide bonds. The summed E-state index contributed by atoms with van der Waals surface area (Å²) in [6, 6.07) is 0. The summed E-state index contributed by atoms with van der Waals surface area (Å²) in [7, 11) is 1.70. The van der Waals surface area contributed by atoms with Gasteiger partial charge < -0.3 is 14.6 Å². The van der Waals surface area contributed by atoms with Crippen molar-refractivity contribution in [2.24, 2.45) is 5.92 Å². The van der Waals surface area contributed by atoms with E-state index in [-0.39, 0.29) is 11.6 Å². The third-order valence-electron chi connectivity index (χ3n) is 3.15. The van der Waals surface area contributed by atoms with Crippen LogP contribution in [0.3, 0.4) is 0 Å². The van der Waals surface area contributed by atoms with E-state index in [0.717, 1.165) is 6.54 Å². The Kier molecular flexibility index (Phi) is 3.49. The molecule has 0 aliphatic heterocycles. The molecule has 0 bridgehead atoms. The first-order chi connectivity index (χ1) is 8.08. The van der Waals surface area contributed by atoms with E-state index < -0.39 is 0 Å². The van der Waals surface area contributed by atoms with Gasteiger partial charge in [-0.15, -0.1) is 0 Å². The fourth-order valence-electron chi connectivity index (χ4n) is 2.03. The van der Waals surface area contributed by atoms with E-state index in [1.165, 1.54) is 12.8 Å². The van der Waals surface area contributed by atoms with E-state index in [2.05, 4.69) is 22.4 Å². The van der Waals surface area contributed by atoms with Crippen molar-refractivity contribution in [3.63, 3.8) is 0 Å². The quantitative estimate of drug-likeness (QED) is 0.823. The molecule has 0 aromatic carbocycles. The van der Waals surface area contributed by atoms with Gasteiger partial charge in [0.2, 0.25) is 11.7 Å². The zero-order valence-electron chi connectivity index (χ0n) is 11.0. The number of ether oxygens (including phenoxy) is 1. The van der Waals surface area contributed by atoms with Gasteiger partial charge in [-0.05, 0) is 39.2 Å². The highest BCUT2D eigenvalue weighted by Crippen LogP contribution is 2.42. The van der Waals surface area contributed by atoms with Gasteiger partial charge in [0.1, 0.15) is 6.10 Å². The third kappa shape index (κ3) is 2.66. The Balaban J connectivity index is 2.14. The Hall–Kier alpha value is -0.940. The van der Waals surface area contributed by atoms with Gasteiger partial charge in [0.05, 0.1) is 5.54 Å². The van der Waals surface area contributed by atoms with Crippen molar-refractivity contribution in [1.29, 1.82) is 0 Å². The molecule has 1 aliphatic carbocycles.